The van der Waals surface area contributed by atoms with Gasteiger partial charge in [0.25, 0.3) is 0 Å². The fourth-order valence-corrected chi connectivity index (χ4v) is 2.61. The number of thioether (sulfide) groups is 1. The molecule has 0 aliphatic carbocycles. The molecule has 0 aliphatic rings. The first-order valence-electron chi connectivity index (χ1n) is 6.12. The van der Waals surface area contributed by atoms with Crippen LogP contribution in [0.1, 0.15) is 33.6 Å². The molecule has 1 aromatic rings. The molecule has 2 unspecified atom stereocenters. The summed E-state index contributed by atoms with van der Waals surface area (Å²) in [5.74, 6) is 0.0302. The van der Waals surface area contributed by atoms with Crippen LogP contribution < -0.4 is 5.32 Å². The minimum Gasteiger partial charge on any atom is -0.353 e. The molecular formula is C13H19ClN2OS. The number of hydrogen-bond donors (Lipinski definition) is 1. The second-order valence-corrected chi connectivity index (χ2v) is 5.99. The van der Waals surface area contributed by atoms with Crippen LogP contribution in [-0.2, 0) is 4.79 Å². The van der Waals surface area contributed by atoms with Crippen molar-refractivity contribution in [2.75, 3.05) is 0 Å². The lowest BCUT2D eigenvalue weighted by Gasteiger charge is -2.16. The van der Waals surface area contributed by atoms with Crippen LogP contribution in [0.3, 0.4) is 0 Å². The van der Waals surface area contributed by atoms with Gasteiger partial charge in [-0.3, -0.25) is 4.79 Å². The van der Waals surface area contributed by atoms with Crippen molar-refractivity contribution in [1.29, 1.82) is 0 Å². The first kappa shape index (κ1) is 15.3. The van der Waals surface area contributed by atoms with E-state index in [-0.39, 0.29) is 17.2 Å². The van der Waals surface area contributed by atoms with E-state index < -0.39 is 0 Å². The lowest BCUT2D eigenvalue weighted by molar-refractivity contribution is -0.120. The summed E-state index contributed by atoms with van der Waals surface area (Å²) in [6.07, 6.45) is 3.74. The van der Waals surface area contributed by atoms with E-state index >= 15 is 0 Å². The zero-order valence-electron chi connectivity index (χ0n) is 10.9. The van der Waals surface area contributed by atoms with Crippen molar-refractivity contribution in [3.05, 3.63) is 23.4 Å². The van der Waals surface area contributed by atoms with Crippen molar-refractivity contribution in [1.82, 2.24) is 10.3 Å². The fourth-order valence-electron chi connectivity index (χ4n) is 1.54. The van der Waals surface area contributed by atoms with E-state index in [1.54, 1.807) is 18.3 Å². The van der Waals surface area contributed by atoms with Crippen molar-refractivity contribution in [2.24, 2.45) is 0 Å². The molecule has 0 aliphatic heterocycles. The number of carbonyl (C=O) groups excluding carboxylic acids is 1. The number of rotatable bonds is 6. The van der Waals surface area contributed by atoms with Gasteiger partial charge < -0.3 is 5.32 Å². The Kier molecular flexibility index (Phi) is 6.50. The van der Waals surface area contributed by atoms with Crippen LogP contribution in [-0.4, -0.2) is 22.2 Å². The lowest BCUT2D eigenvalue weighted by atomic mass is 10.2. The van der Waals surface area contributed by atoms with E-state index in [1.165, 1.54) is 11.8 Å². The minimum atomic E-state index is -0.197. The maximum atomic E-state index is 11.9. The minimum absolute atomic E-state index is 0.0302. The molecule has 1 rings (SSSR count). The van der Waals surface area contributed by atoms with Crippen LogP contribution in [0, 0.1) is 0 Å². The molecule has 0 bridgehead atoms. The maximum Gasteiger partial charge on any atom is 0.233 e. The van der Waals surface area contributed by atoms with E-state index in [2.05, 4.69) is 17.2 Å². The van der Waals surface area contributed by atoms with Crippen LogP contribution in [0.4, 0.5) is 0 Å². The highest BCUT2D eigenvalue weighted by Crippen LogP contribution is 2.27. The summed E-state index contributed by atoms with van der Waals surface area (Å²) in [4.78, 5) is 16.1. The van der Waals surface area contributed by atoms with Gasteiger partial charge in [-0.25, -0.2) is 4.98 Å². The molecule has 0 saturated carbocycles. The monoisotopic (exact) mass is 286 g/mol. The summed E-state index contributed by atoms with van der Waals surface area (Å²) in [6.45, 7) is 5.99. The van der Waals surface area contributed by atoms with Gasteiger partial charge >= 0.3 is 0 Å². The summed E-state index contributed by atoms with van der Waals surface area (Å²) < 4.78 is 0. The van der Waals surface area contributed by atoms with Gasteiger partial charge in [-0.15, -0.1) is 0 Å². The van der Waals surface area contributed by atoms with E-state index in [4.69, 9.17) is 11.6 Å². The number of nitrogens with zero attached hydrogens (tertiary/aromatic N) is 1. The van der Waals surface area contributed by atoms with E-state index in [0.29, 0.717) is 10.0 Å². The molecular weight excluding hydrogens is 268 g/mol. The zero-order chi connectivity index (χ0) is 13.5. The molecule has 5 heteroatoms. The van der Waals surface area contributed by atoms with Gasteiger partial charge in [0.2, 0.25) is 5.91 Å². The smallest absolute Gasteiger partial charge is 0.233 e. The quantitative estimate of drug-likeness (QED) is 0.814. The summed E-state index contributed by atoms with van der Waals surface area (Å²) in [5.41, 5.74) is 0. The Morgan fingerprint density at radius 2 is 2.28 bits per heavy atom. The van der Waals surface area contributed by atoms with Gasteiger partial charge in [0.05, 0.1) is 10.3 Å². The zero-order valence-corrected chi connectivity index (χ0v) is 12.5. The predicted octanol–water partition coefficient (Wildman–Crippen LogP) is 3.52. The highest BCUT2D eigenvalue weighted by Gasteiger charge is 2.17. The molecule has 2 atom stereocenters. The molecule has 0 saturated heterocycles. The second-order valence-electron chi connectivity index (χ2n) is 4.25. The molecule has 1 N–H and O–H groups in total. The highest BCUT2D eigenvalue weighted by molar-refractivity contribution is 8.00. The van der Waals surface area contributed by atoms with Crippen LogP contribution in [0.15, 0.2) is 23.4 Å². The molecule has 0 spiro atoms. The SMILES string of the molecule is CCCC(C)NC(=O)C(C)Sc1ncccc1Cl. The van der Waals surface area contributed by atoms with Crippen molar-refractivity contribution in [3.8, 4) is 0 Å². The van der Waals surface area contributed by atoms with Crippen molar-refractivity contribution in [3.63, 3.8) is 0 Å². The van der Waals surface area contributed by atoms with Gasteiger partial charge in [0.15, 0.2) is 0 Å². The average molecular weight is 287 g/mol. The first-order valence-corrected chi connectivity index (χ1v) is 7.38. The molecule has 18 heavy (non-hydrogen) atoms. The van der Waals surface area contributed by atoms with Crippen LogP contribution >= 0.6 is 23.4 Å². The summed E-state index contributed by atoms with van der Waals surface area (Å²) in [7, 11) is 0. The number of halogens is 1. The van der Waals surface area contributed by atoms with Gasteiger partial charge in [-0.1, -0.05) is 36.7 Å². The van der Waals surface area contributed by atoms with Crippen LogP contribution in [0.5, 0.6) is 0 Å². The second kappa shape index (κ2) is 7.64. The Balaban J connectivity index is 2.52. The Bertz CT molecular complexity index is 400. The van der Waals surface area contributed by atoms with Gasteiger partial charge in [-0.05, 0) is 32.4 Å². The molecule has 100 valence electrons. The van der Waals surface area contributed by atoms with Crippen molar-refractivity contribution < 1.29 is 4.79 Å². The Labute approximate surface area is 118 Å². The lowest BCUT2D eigenvalue weighted by Crippen LogP contribution is -2.37. The van der Waals surface area contributed by atoms with Crippen molar-refractivity contribution in [2.45, 2.75) is 49.9 Å². The van der Waals surface area contributed by atoms with Crippen LogP contribution in [0.25, 0.3) is 0 Å². The fraction of sp³-hybridized carbons (Fsp3) is 0.538. The topological polar surface area (TPSA) is 42.0 Å². The molecule has 0 fully saturated rings. The maximum absolute atomic E-state index is 11.9. The molecule has 1 amide bonds. The van der Waals surface area contributed by atoms with Gasteiger partial charge in [0, 0.05) is 12.2 Å². The molecule has 0 aromatic carbocycles. The Morgan fingerprint density at radius 1 is 1.56 bits per heavy atom. The third kappa shape index (κ3) is 4.86. The highest BCUT2D eigenvalue weighted by atomic mass is 35.5. The van der Waals surface area contributed by atoms with Gasteiger partial charge in [-0.2, -0.15) is 0 Å². The first-order chi connectivity index (χ1) is 8.54. The summed E-state index contributed by atoms with van der Waals surface area (Å²) in [6, 6.07) is 3.77. The Hall–Kier alpha value is -0.740. The molecule has 3 nitrogen and oxygen atoms in total. The number of pyridine rings is 1. The summed E-state index contributed by atoms with van der Waals surface area (Å²) in [5, 5.41) is 4.08. The number of aromatic nitrogens is 1. The molecule has 1 aromatic heterocycles. The number of amides is 1. The third-order valence-electron chi connectivity index (χ3n) is 2.49. The molecule has 0 radical (unpaired) electrons. The molecule has 1 heterocycles. The van der Waals surface area contributed by atoms with Crippen LogP contribution in [0.2, 0.25) is 5.02 Å². The summed E-state index contributed by atoms with van der Waals surface area (Å²) >= 11 is 7.40. The van der Waals surface area contributed by atoms with E-state index in [1.807, 2.05) is 13.8 Å². The van der Waals surface area contributed by atoms with Crippen molar-refractivity contribution >= 4 is 29.3 Å². The number of nitrogens with one attached hydrogen (secondary N) is 1. The van der Waals surface area contributed by atoms with Gasteiger partial charge in [0.1, 0.15) is 5.03 Å². The number of carbonyl (C=O) groups is 1. The Morgan fingerprint density at radius 3 is 2.89 bits per heavy atom. The third-order valence-corrected chi connectivity index (χ3v) is 4.03. The van der Waals surface area contributed by atoms with E-state index in [0.717, 1.165) is 12.8 Å². The average Bonchev–Trinajstić information content (AvgIpc) is 2.32. The number of hydrogen-bond acceptors (Lipinski definition) is 3. The van der Waals surface area contributed by atoms with E-state index in [9.17, 15) is 4.79 Å². The normalized spacial score (nSPS) is 14.0. The predicted molar refractivity (Wildman–Crippen MR) is 77.1 cm³/mol. The largest absolute Gasteiger partial charge is 0.353 e. The standard InChI is InChI=1S/C13H19ClN2OS/c1-4-6-9(2)16-12(17)10(3)18-13-11(14)7-5-8-15-13/h5,7-10H,4,6H2,1-3H3,(H,16,17).